The highest BCUT2D eigenvalue weighted by Gasteiger charge is 2.19. The van der Waals surface area contributed by atoms with Crippen LogP contribution < -0.4 is 5.32 Å². The van der Waals surface area contributed by atoms with E-state index in [-0.39, 0.29) is 5.91 Å². The van der Waals surface area contributed by atoms with Gasteiger partial charge in [-0.15, -0.1) is 0 Å². The molecule has 1 heterocycles. The summed E-state index contributed by atoms with van der Waals surface area (Å²) in [6, 6.07) is 13.0. The van der Waals surface area contributed by atoms with E-state index in [2.05, 4.69) is 5.32 Å². The molecule has 1 atom stereocenters. The van der Waals surface area contributed by atoms with E-state index in [1.54, 1.807) is 18.2 Å². The van der Waals surface area contributed by atoms with Crippen LogP contribution in [0.1, 0.15) is 40.7 Å². The molecule has 0 bridgehead atoms. The van der Waals surface area contributed by atoms with E-state index < -0.39 is 11.0 Å². The first-order valence-electron chi connectivity index (χ1n) is 8.70. The molecule has 3 rings (SSSR count). The smallest absolute Gasteiger partial charge is 0.255 e. The summed E-state index contributed by atoms with van der Waals surface area (Å²) in [6.07, 6.45) is 3.36. The van der Waals surface area contributed by atoms with Crippen molar-refractivity contribution in [2.45, 2.75) is 38.0 Å². The highest BCUT2D eigenvalue weighted by atomic mass is 32.2. The number of hydrogen-bond donors (Lipinski definition) is 1. The second kappa shape index (κ2) is 7.93. The molecule has 0 saturated carbocycles. The maximum absolute atomic E-state index is 12.7. The van der Waals surface area contributed by atoms with Gasteiger partial charge in [-0.2, -0.15) is 0 Å². The summed E-state index contributed by atoms with van der Waals surface area (Å²) in [5.41, 5.74) is 3.63. The van der Waals surface area contributed by atoms with Crippen molar-refractivity contribution in [3.8, 4) is 0 Å². The largest absolute Gasteiger partial charge is 0.322 e. The Kier molecular flexibility index (Phi) is 5.66. The first-order valence-corrected chi connectivity index (χ1v) is 9.81. The van der Waals surface area contributed by atoms with Gasteiger partial charge in [-0.3, -0.25) is 4.79 Å². The van der Waals surface area contributed by atoms with E-state index in [0.29, 0.717) is 10.5 Å². The van der Waals surface area contributed by atoms with Gasteiger partial charge in [0.05, 0.1) is 4.90 Å². The van der Waals surface area contributed by atoms with Crippen LogP contribution in [0, 0.1) is 13.8 Å². The number of carbonyl (C=O) groups excluding carboxylic acids is 1. The number of hydrogen-bond acceptors (Lipinski definition) is 2. The van der Waals surface area contributed by atoms with Crippen LogP contribution >= 0.6 is 0 Å². The predicted octanol–water partition coefficient (Wildman–Crippen LogP) is 4.06. The van der Waals surface area contributed by atoms with Gasteiger partial charge in [0.1, 0.15) is 11.0 Å². The van der Waals surface area contributed by atoms with Gasteiger partial charge in [0.2, 0.25) is 0 Å². The lowest BCUT2D eigenvalue weighted by molar-refractivity contribution is 0.102. The molecule has 132 valence electrons. The van der Waals surface area contributed by atoms with E-state index in [1.807, 2.05) is 42.4 Å². The second-order valence-electron chi connectivity index (χ2n) is 6.52. The number of anilines is 1. The quantitative estimate of drug-likeness (QED) is 0.898. The van der Waals surface area contributed by atoms with Crippen LogP contribution in [0.3, 0.4) is 0 Å². The Bertz CT molecular complexity index is 798. The maximum Gasteiger partial charge on any atom is 0.255 e. The number of piperidine rings is 1. The molecule has 0 radical (unpaired) electrons. The Morgan fingerprint density at radius 3 is 2.48 bits per heavy atom. The number of rotatable bonds is 4. The normalized spacial score (nSPS) is 16.4. The number of nitrogens with zero attached hydrogens (tertiary/aromatic N) is 1. The Morgan fingerprint density at radius 2 is 1.76 bits per heavy atom. The van der Waals surface area contributed by atoms with E-state index in [1.165, 1.54) is 12.0 Å². The van der Waals surface area contributed by atoms with Crippen molar-refractivity contribution in [1.29, 1.82) is 0 Å². The molecule has 0 spiro atoms. The molecule has 0 aromatic heterocycles. The van der Waals surface area contributed by atoms with Gasteiger partial charge < -0.3 is 5.32 Å². The third-order valence-corrected chi connectivity index (χ3v) is 6.10. The Hall–Kier alpha value is -1.98. The maximum atomic E-state index is 12.7. The van der Waals surface area contributed by atoms with Gasteiger partial charge in [0.25, 0.3) is 5.91 Å². The lowest BCUT2D eigenvalue weighted by Crippen LogP contribution is -2.31. The van der Waals surface area contributed by atoms with Gasteiger partial charge in [-0.05, 0) is 68.1 Å². The fourth-order valence-corrected chi connectivity index (χ4v) is 4.26. The number of nitrogens with one attached hydrogen (secondary N) is 1. The summed E-state index contributed by atoms with van der Waals surface area (Å²) in [5.74, 6) is -0.180. The van der Waals surface area contributed by atoms with E-state index >= 15 is 0 Å². The summed E-state index contributed by atoms with van der Waals surface area (Å²) in [5, 5.41) is 2.92. The molecule has 1 unspecified atom stereocenters. The molecule has 1 aliphatic heterocycles. The average molecular weight is 356 g/mol. The fourth-order valence-electron chi connectivity index (χ4n) is 2.95. The van der Waals surface area contributed by atoms with Crippen molar-refractivity contribution in [3.05, 3.63) is 59.2 Å². The van der Waals surface area contributed by atoms with Gasteiger partial charge in [-0.1, -0.05) is 18.6 Å². The van der Waals surface area contributed by atoms with Crippen molar-refractivity contribution in [2.75, 3.05) is 18.4 Å². The molecule has 1 saturated heterocycles. The third-order valence-electron chi connectivity index (χ3n) is 4.61. The lowest BCUT2D eigenvalue weighted by Gasteiger charge is -2.25. The molecule has 0 aliphatic carbocycles. The first-order chi connectivity index (χ1) is 12.0. The van der Waals surface area contributed by atoms with Crippen LogP contribution in [0.25, 0.3) is 0 Å². The zero-order chi connectivity index (χ0) is 17.8. The Morgan fingerprint density at radius 1 is 1.00 bits per heavy atom. The molecule has 2 aromatic carbocycles. The number of aryl methyl sites for hydroxylation is 2. The summed E-state index contributed by atoms with van der Waals surface area (Å²) < 4.78 is 14.7. The molecule has 25 heavy (non-hydrogen) atoms. The molecule has 5 heteroatoms. The lowest BCUT2D eigenvalue weighted by atomic mass is 10.1. The molecular weight excluding hydrogens is 332 g/mol. The van der Waals surface area contributed by atoms with E-state index in [0.717, 1.165) is 37.2 Å². The third kappa shape index (κ3) is 4.35. The number of amides is 1. The minimum absolute atomic E-state index is 0.180. The molecule has 1 aliphatic rings. The molecular formula is C20H24N2O2S. The van der Waals surface area contributed by atoms with Crippen LogP contribution in [-0.4, -0.2) is 27.5 Å². The monoisotopic (exact) mass is 356 g/mol. The van der Waals surface area contributed by atoms with Crippen molar-refractivity contribution < 1.29 is 9.00 Å². The van der Waals surface area contributed by atoms with Crippen molar-refractivity contribution in [1.82, 2.24) is 4.31 Å². The fraction of sp³-hybridized carbons (Fsp3) is 0.350. The Labute approximate surface area is 151 Å². The van der Waals surface area contributed by atoms with Crippen molar-refractivity contribution in [3.63, 3.8) is 0 Å². The zero-order valence-electron chi connectivity index (χ0n) is 14.7. The molecule has 2 aromatic rings. The topological polar surface area (TPSA) is 49.4 Å². The summed E-state index contributed by atoms with van der Waals surface area (Å²) in [7, 11) is -1.20. The van der Waals surface area contributed by atoms with Crippen LogP contribution in [-0.2, 0) is 11.0 Å². The van der Waals surface area contributed by atoms with E-state index in [4.69, 9.17) is 0 Å². The van der Waals surface area contributed by atoms with Gasteiger partial charge in [0, 0.05) is 24.3 Å². The molecule has 1 N–H and O–H groups in total. The number of carbonyl (C=O) groups is 1. The van der Waals surface area contributed by atoms with Crippen LogP contribution in [0.2, 0.25) is 0 Å². The summed E-state index contributed by atoms with van der Waals surface area (Å²) in [6.45, 7) is 5.77. The van der Waals surface area contributed by atoms with Crippen LogP contribution in [0.15, 0.2) is 47.4 Å². The molecule has 1 fully saturated rings. The predicted molar refractivity (Wildman–Crippen MR) is 102 cm³/mol. The SMILES string of the molecule is Cc1ccc(NC(=O)c2cccc(S(=O)N3CCCCC3)c2)cc1C. The minimum Gasteiger partial charge on any atom is -0.322 e. The van der Waals surface area contributed by atoms with Crippen LogP contribution in [0.4, 0.5) is 5.69 Å². The second-order valence-corrected chi connectivity index (χ2v) is 8.01. The summed E-state index contributed by atoms with van der Waals surface area (Å²) in [4.78, 5) is 13.2. The van der Waals surface area contributed by atoms with Gasteiger partial charge >= 0.3 is 0 Å². The average Bonchev–Trinajstić information content (AvgIpc) is 2.65. The zero-order valence-corrected chi connectivity index (χ0v) is 15.6. The minimum atomic E-state index is -1.20. The molecule has 4 nitrogen and oxygen atoms in total. The van der Waals surface area contributed by atoms with Crippen LogP contribution in [0.5, 0.6) is 0 Å². The van der Waals surface area contributed by atoms with Crippen molar-refractivity contribution in [2.24, 2.45) is 0 Å². The van der Waals surface area contributed by atoms with Crippen molar-refractivity contribution >= 4 is 22.6 Å². The standard InChI is InChI=1S/C20H24N2O2S/c1-15-9-10-18(13-16(15)2)21-20(23)17-7-6-8-19(14-17)25(24)22-11-4-3-5-12-22/h6-10,13-14H,3-5,11-12H2,1-2H3,(H,21,23). The number of benzene rings is 2. The summed E-state index contributed by atoms with van der Waals surface area (Å²) >= 11 is 0. The molecule has 1 amide bonds. The van der Waals surface area contributed by atoms with E-state index in [9.17, 15) is 9.00 Å². The first kappa shape index (κ1) is 17.8. The highest BCUT2D eigenvalue weighted by Crippen LogP contribution is 2.19. The van der Waals surface area contributed by atoms with Gasteiger partial charge in [-0.25, -0.2) is 8.51 Å². The van der Waals surface area contributed by atoms with Gasteiger partial charge in [0.15, 0.2) is 0 Å². The highest BCUT2D eigenvalue weighted by molar-refractivity contribution is 7.82. The Balaban J connectivity index is 1.74.